The van der Waals surface area contributed by atoms with Crippen molar-refractivity contribution >= 4 is 34.0 Å². The molecule has 0 spiro atoms. The van der Waals surface area contributed by atoms with Crippen LogP contribution in [0.2, 0.25) is 5.02 Å². The van der Waals surface area contributed by atoms with Crippen LogP contribution >= 0.6 is 11.6 Å². The molecule has 0 N–H and O–H groups in total. The number of alkyl halides is 3. The molecule has 0 aromatic carbocycles. The third-order valence-electron chi connectivity index (χ3n) is 4.97. The number of carbonyl (C=O) groups is 1. The number of rotatable bonds is 4. The van der Waals surface area contributed by atoms with Gasteiger partial charge in [0.25, 0.3) is 5.91 Å². The largest absolute Gasteiger partial charge is 0.417 e. The molecule has 0 saturated heterocycles. The number of fused-ring (bicyclic) bond motifs is 1. The van der Waals surface area contributed by atoms with Gasteiger partial charge in [-0.2, -0.15) is 13.2 Å². The molecule has 1 amide bonds. The maximum atomic E-state index is 13.3. The van der Waals surface area contributed by atoms with Crippen molar-refractivity contribution in [2.45, 2.75) is 24.4 Å². The SMILES string of the molecule is CCS(=O)c1cc(-c2ccc(Cl)cn2)cnc1C(=O)N1CCc2ncc(C(F)(F)F)cc21. The Balaban J connectivity index is 1.75. The van der Waals surface area contributed by atoms with Gasteiger partial charge in [0.15, 0.2) is 0 Å². The summed E-state index contributed by atoms with van der Waals surface area (Å²) >= 11 is 5.87. The maximum Gasteiger partial charge on any atom is 0.417 e. The maximum absolute atomic E-state index is 13.3. The zero-order chi connectivity index (χ0) is 23.0. The number of nitrogens with zero attached hydrogens (tertiary/aromatic N) is 4. The molecule has 6 nitrogen and oxygen atoms in total. The molecule has 0 radical (unpaired) electrons. The van der Waals surface area contributed by atoms with E-state index in [1.54, 1.807) is 25.1 Å². The van der Waals surface area contributed by atoms with Gasteiger partial charge in [-0.05, 0) is 24.3 Å². The summed E-state index contributed by atoms with van der Waals surface area (Å²) in [5, 5.41) is 0.449. The highest BCUT2D eigenvalue weighted by Gasteiger charge is 2.36. The molecule has 1 atom stereocenters. The van der Waals surface area contributed by atoms with Gasteiger partial charge in [0.05, 0.1) is 43.4 Å². The van der Waals surface area contributed by atoms with Crippen LogP contribution < -0.4 is 4.90 Å². The summed E-state index contributed by atoms with van der Waals surface area (Å²) in [5.41, 5.74) is 0.534. The van der Waals surface area contributed by atoms with Crippen molar-refractivity contribution in [2.24, 2.45) is 0 Å². The zero-order valence-electron chi connectivity index (χ0n) is 16.7. The highest BCUT2D eigenvalue weighted by molar-refractivity contribution is 7.85. The van der Waals surface area contributed by atoms with E-state index in [9.17, 15) is 22.2 Å². The molecule has 0 aliphatic carbocycles. The van der Waals surface area contributed by atoms with Crippen molar-refractivity contribution in [2.75, 3.05) is 17.2 Å². The number of hydrogen-bond acceptors (Lipinski definition) is 5. The molecule has 32 heavy (non-hydrogen) atoms. The van der Waals surface area contributed by atoms with Gasteiger partial charge in [0.2, 0.25) is 0 Å². The summed E-state index contributed by atoms with van der Waals surface area (Å²) in [6, 6.07) is 5.79. The highest BCUT2D eigenvalue weighted by atomic mass is 35.5. The smallest absolute Gasteiger partial charge is 0.305 e. The van der Waals surface area contributed by atoms with Crippen molar-refractivity contribution in [3.05, 3.63) is 64.8 Å². The second-order valence-electron chi connectivity index (χ2n) is 6.96. The third-order valence-corrected chi connectivity index (χ3v) is 6.52. The summed E-state index contributed by atoms with van der Waals surface area (Å²) in [6.45, 7) is 1.85. The minimum Gasteiger partial charge on any atom is -0.305 e. The second kappa shape index (κ2) is 8.59. The van der Waals surface area contributed by atoms with E-state index in [1.807, 2.05) is 0 Å². The summed E-state index contributed by atoms with van der Waals surface area (Å²) in [4.78, 5) is 27.0. The molecular formula is C21H16ClF3N4O2S. The lowest BCUT2D eigenvalue weighted by Crippen LogP contribution is -2.31. The molecule has 0 saturated carbocycles. The Labute approximate surface area is 188 Å². The number of hydrogen-bond donors (Lipinski definition) is 0. The fraction of sp³-hybridized carbons (Fsp3) is 0.238. The molecule has 0 bridgehead atoms. The predicted octanol–water partition coefficient (Wildman–Crippen LogP) is 4.54. The second-order valence-corrected chi connectivity index (χ2v) is 9.11. The molecular weight excluding hydrogens is 465 g/mol. The summed E-state index contributed by atoms with van der Waals surface area (Å²) < 4.78 is 52.2. The van der Waals surface area contributed by atoms with Crippen LogP contribution in [0.3, 0.4) is 0 Å². The van der Waals surface area contributed by atoms with Gasteiger partial charge in [-0.3, -0.25) is 19.0 Å². The molecule has 4 rings (SSSR count). The molecule has 11 heteroatoms. The van der Waals surface area contributed by atoms with Crippen LogP contribution in [0.5, 0.6) is 0 Å². The van der Waals surface area contributed by atoms with Gasteiger partial charge in [-0.25, -0.2) is 4.98 Å². The first-order valence-electron chi connectivity index (χ1n) is 9.57. The van der Waals surface area contributed by atoms with Gasteiger partial charge in [0.1, 0.15) is 5.69 Å². The van der Waals surface area contributed by atoms with Gasteiger partial charge < -0.3 is 4.90 Å². The Kier molecular flexibility index (Phi) is 6.00. The average Bonchev–Trinajstić information content (AvgIpc) is 3.21. The van der Waals surface area contributed by atoms with E-state index in [-0.39, 0.29) is 28.6 Å². The molecule has 166 valence electrons. The molecule has 4 heterocycles. The van der Waals surface area contributed by atoms with Crippen LogP contribution in [0.1, 0.15) is 28.7 Å². The van der Waals surface area contributed by atoms with Gasteiger partial charge >= 0.3 is 6.18 Å². The average molecular weight is 481 g/mol. The number of aromatic nitrogens is 3. The van der Waals surface area contributed by atoms with E-state index in [1.165, 1.54) is 17.3 Å². The summed E-state index contributed by atoms with van der Waals surface area (Å²) in [7, 11) is -1.55. The molecule has 3 aromatic rings. The fourth-order valence-electron chi connectivity index (χ4n) is 3.36. The van der Waals surface area contributed by atoms with E-state index >= 15 is 0 Å². The van der Waals surface area contributed by atoms with Gasteiger partial charge in [0, 0.05) is 42.9 Å². The zero-order valence-corrected chi connectivity index (χ0v) is 18.3. The minimum atomic E-state index is -4.58. The number of carbonyl (C=O) groups excluding carboxylic acids is 1. The van der Waals surface area contributed by atoms with Crippen molar-refractivity contribution in [1.29, 1.82) is 0 Å². The first-order valence-corrected chi connectivity index (χ1v) is 11.3. The van der Waals surface area contributed by atoms with Crippen molar-refractivity contribution < 1.29 is 22.2 Å². The topological polar surface area (TPSA) is 76.1 Å². The lowest BCUT2D eigenvalue weighted by molar-refractivity contribution is -0.137. The fourth-order valence-corrected chi connectivity index (χ4v) is 4.40. The molecule has 3 aromatic heterocycles. The van der Waals surface area contributed by atoms with Crippen LogP contribution in [-0.2, 0) is 23.4 Å². The number of anilines is 1. The number of pyridine rings is 3. The standard InChI is InChI=1S/C21H16ClF3N4O2S/c1-2-32(31)18-7-12(15-4-3-14(22)11-27-15)9-28-19(18)20(30)29-6-5-16-17(29)8-13(10-26-16)21(23,24)25/h3-4,7-11H,2,5-6H2,1H3. The quantitative estimate of drug-likeness (QED) is 0.548. The first kappa shape index (κ1) is 22.3. The van der Waals surface area contributed by atoms with E-state index in [0.717, 1.165) is 12.3 Å². The molecule has 0 fully saturated rings. The number of amides is 1. The summed E-state index contributed by atoms with van der Waals surface area (Å²) in [6.07, 6.45) is -0.631. The first-order chi connectivity index (χ1) is 15.2. The van der Waals surface area contributed by atoms with Crippen molar-refractivity contribution in [3.8, 4) is 11.3 Å². The Morgan fingerprint density at radius 3 is 2.59 bits per heavy atom. The predicted molar refractivity (Wildman–Crippen MR) is 114 cm³/mol. The lowest BCUT2D eigenvalue weighted by Gasteiger charge is -2.19. The third kappa shape index (κ3) is 4.24. The van der Waals surface area contributed by atoms with Crippen LogP contribution in [0.25, 0.3) is 11.3 Å². The Morgan fingerprint density at radius 2 is 1.94 bits per heavy atom. The highest BCUT2D eigenvalue weighted by Crippen LogP contribution is 2.36. The normalized spacial score (nSPS) is 14.3. The van der Waals surface area contributed by atoms with Crippen molar-refractivity contribution in [3.63, 3.8) is 0 Å². The van der Waals surface area contributed by atoms with Crippen LogP contribution in [0, 0.1) is 0 Å². The molecule has 1 aliphatic rings. The van der Waals surface area contributed by atoms with E-state index in [0.29, 0.717) is 28.4 Å². The van der Waals surface area contributed by atoms with Crippen LogP contribution in [0.4, 0.5) is 18.9 Å². The van der Waals surface area contributed by atoms with E-state index < -0.39 is 28.4 Å². The van der Waals surface area contributed by atoms with E-state index in [4.69, 9.17) is 11.6 Å². The summed E-state index contributed by atoms with van der Waals surface area (Å²) in [5.74, 6) is -0.396. The number of halogens is 4. The van der Waals surface area contributed by atoms with Crippen LogP contribution in [0.15, 0.2) is 47.8 Å². The minimum absolute atomic E-state index is 0.0758. The molecule has 1 unspecified atom stereocenters. The van der Waals surface area contributed by atoms with Gasteiger partial charge in [-0.15, -0.1) is 0 Å². The monoisotopic (exact) mass is 480 g/mol. The van der Waals surface area contributed by atoms with Crippen molar-refractivity contribution in [1.82, 2.24) is 15.0 Å². The van der Waals surface area contributed by atoms with Gasteiger partial charge in [-0.1, -0.05) is 18.5 Å². The lowest BCUT2D eigenvalue weighted by atomic mass is 10.1. The Hall–Kier alpha value is -2.85. The molecule has 1 aliphatic heterocycles. The Bertz CT molecular complexity index is 1220. The van der Waals surface area contributed by atoms with Crippen LogP contribution in [-0.4, -0.2) is 37.4 Å². The Morgan fingerprint density at radius 1 is 1.16 bits per heavy atom. The van der Waals surface area contributed by atoms with E-state index in [2.05, 4.69) is 15.0 Å².